The second-order valence-electron chi connectivity index (χ2n) is 11.3. The van der Waals surface area contributed by atoms with Gasteiger partial charge in [0.1, 0.15) is 17.0 Å². The van der Waals surface area contributed by atoms with E-state index in [1.165, 1.54) is 25.0 Å². The Hall–Kier alpha value is -2.49. The Balaban J connectivity index is 1.35. The molecule has 190 valence electrons. The smallest absolute Gasteiger partial charge is 0.339 e. The average Bonchev–Trinajstić information content (AvgIpc) is 3.59. The van der Waals surface area contributed by atoms with Crippen molar-refractivity contribution in [3.8, 4) is 11.5 Å². The van der Waals surface area contributed by atoms with Crippen LogP contribution in [0.4, 0.5) is 0 Å². The monoisotopic (exact) mass is 510 g/mol. The van der Waals surface area contributed by atoms with Gasteiger partial charge < -0.3 is 14.0 Å². The molecule has 1 N–H and O–H groups in total. The standard InChI is InChI=1S/C27H30N2O6S/c1-16-2-7-19(8-3-16)36(32,33)35-21-9-6-18-14-22-27(30)11-10-20(28-31)25-26(27,23(18)24(21)34-25)12-13-29(22)15-17-4-5-17/h2-3,6-9,17,20,22,25,30H,4-5,10-15H2,1H3/t20?,22-,25+,26+,27-/m1/s1. The molecule has 2 aliphatic heterocycles. The molecule has 0 aromatic heterocycles. The van der Waals surface area contributed by atoms with Crippen LogP contribution < -0.4 is 8.92 Å². The summed E-state index contributed by atoms with van der Waals surface area (Å²) in [6, 6.07) is 9.39. The molecule has 0 amide bonds. The Morgan fingerprint density at radius 1 is 1.14 bits per heavy atom. The highest BCUT2D eigenvalue weighted by Gasteiger charge is 2.73. The Bertz CT molecular complexity index is 1360. The van der Waals surface area contributed by atoms with Crippen molar-refractivity contribution in [1.29, 1.82) is 0 Å². The minimum atomic E-state index is -4.10. The third-order valence-corrected chi connectivity index (χ3v) is 10.6. The second-order valence-corrected chi connectivity index (χ2v) is 12.9. The van der Waals surface area contributed by atoms with E-state index in [1.54, 1.807) is 18.2 Å². The predicted molar refractivity (Wildman–Crippen MR) is 132 cm³/mol. The van der Waals surface area contributed by atoms with Crippen LogP contribution in [0.2, 0.25) is 0 Å². The highest BCUT2D eigenvalue weighted by atomic mass is 32.2. The molecule has 2 aromatic rings. The van der Waals surface area contributed by atoms with Crippen LogP contribution in [0.15, 0.2) is 46.5 Å². The molecule has 1 saturated heterocycles. The van der Waals surface area contributed by atoms with E-state index in [0.29, 0.717) is 37.4 Å². The number of hydrogen-bond acceptors (Lipinski definition) is 8. The van der Waals surface area contributed by atoms with Crippen LogP contribution >= 0.6 is 0 Å². The first-order valence-corrected chi connectivity index (χ1v) is 14.3. The highest BCUT2D eigenvalue weighted by Crippen LogP contribution is 2.66. The third-order valence-electron chi connectivity index (χ3n) is 9.36. The molecule has 5 atom stereocenters. The van der Waals surface area contributed by atoms with Gasteiger partial charge in [0.15, 0.2) is 11.5 Å². The Labute approximate surface area is 210 Å². The van der Waals surface area contributed by atoms with Crippen LogP contribution in [0.25, 0.3) is 0 Å². The Morgan fingerprint density at radius 3 is 2.64 bits per heavy atom. The third kappa shape index (κ3) is 2.96. The summed E-state index contributed by atoms with van der Waals surface area (Å²) in [6.07, 6.45) is 4.06. The largest absolute Gasteiger partial charge is 0.483 e. The maximum absolute atomic E-state index is 13.1. The van der Waals surface area contributed by atoms with Crippen molar-refractivity contribution >= 4 is 10.1 Å². The number of aliphatic hydroxyl groups is 1. The number of benzene rings is 2. The number of likely N-dealkylation sites (tertiary alicyclic amines) is 1. The van der Waals surface area contributed by atoms with E-state index in [2.05, 4.69) is 10.1 Å². The fourth-order valence-electron chi connectivity index (χ4n) is 7.49. The number of ether oxygens (including phenoxy) is 1. The first kappa shape index (κ1) is 22.7. The number of rotatable bonds is 6. The highest BCUT2D eigenvalue weighted by molar-refractivity contribution is 7.87. The zero-order chi connectivity index (χ0) is 24.9. The van der Waals surface area contributed by atoms with E-state index in [-0.39, 0.29) is 16.7 Å². The molecule has 5 aliphatic rings. The van der Waals surface area contributed by atoms with Gasteiger partial charge in [-0.15, -0.1) is 0 Å². The number of nitrogens with zero attached hydrogens (tertiary/aromatic N) is 2. The lowest BCUT2D eigenvalue weighted by Crippen LogP contribution is -2.77. The molecule has 1 spiro atoms. The van der Waals surface area contributed by atoms with Gasteiger partial charge in [-0.1, -0.05) is 28.9 Å². The lowest BCUT2D eigenvalue weighted by molar-refractivity contribution is -0.189. The summed E-state index contributed by atoms with van der Waals surface area (Å²) in [4.78, 5) is 14.4. The summed E-state index contributed by atoms with van der Waals surface area (Å²) in [7, 11) is -4.10. The second kappa shape index (κ2) is 7.52. The van der Waals surface area contributed by atoms with Crippen molar-refractivity contribution in [2.75, 3.05) is 13.1 Å². The molecule has 0 radical (unpaired) electrons. The number of nitroso groups, excluding NO2 is 1. The van der Waals surface area contributed by atoms with Gasteiger partial charge in [0.25, 0.3) is 0 Å². The zero-order valence-corrected chi connectivity index (χ0v) is 21.0. The van der Waals surface area contributed by atoms with Gasteiger partial charge in [0, 0.05) is 18.2 Å². The molecule has 8 nitrogen and oxygen atoms in total. The van der Waals surface area contributed by atoms with Crippen molar-refractivity contribution < 1.29 is 22.4 Å². The lowest BCUT2D eigenvalue weighted by Gasteiger charge is -2.63. The summed E-state index contributed by atoms with van der Waals surface area (Å²) in [6.45, 7) is 3.68. The van der Waals surface area contributed by atoms with Crippen molar-refractivity contribution in [3.63, 3.8) is 0 Å². The van der Waals surface area contributed by atoms with Gasteiger partial charge >= 0.3 is 10.1 Å². The molecule has 2 saturated carbocycles. The van der Waals surface area contributed by atoms with E-state index in [1.807, 2.05) is 13.0 Å². The molecular formula is C27H30N2O6S. The van der Waals surface area contributed by atoms with E-state index in [0.717, 1.165) is 29.8 Å². The summed E-state index contributed by atoms with van der Waals surface area (Å²) < 4.78 is 38.4. The molecule has 9 heteroatoms. The molecule has 2 aromatic carbocycles. The van der Waals surface area contributed by atoms with Crippen molar-refractivity contribution in [2.45, 2.75) is 79.5 Å². The quantitative estimate of drug-likeness (QED) is 0.469. The topological polar surface area (TPSA) is 106 Å². The maximum atomic E-state index is 13.1. The van der Waals surface area contributed by atoms with Crippen LogP contribution in [-0.4, -0.2) is 55.3 Å². The minimum absolute atomic E-state index is 0.0592. The molecule has 3 fully saturated rings. The zero-order valence-electron chi connectivity index (χ0n) is 20.2. The number of hydrogen-bond donors (Lipinski definition) is 1. The molecule has 36 heavy (non-hydrogen) atoms. The molecule has 7 rings (SSSR count). The Morgan fingerprint density at radius 2 is 1.92 bits per heavy atom. The molecule has 2 heterocycles. The SMILES string of the molecule is Cc1ccc(S(=O)(=O)Oc2ccc3c4c2O[C@H]2C(N=O)CC[C@@]5(O)[C@@H](C3)N(CC3CC3)CC[C@]425)cc1. The first-order chi connectivity index (χ1) is 17.3. The van der Waals surface area contributed by atoms with Gasteiger partial charge in [-0.2, -0.15) is 13.3 Å². The minimum Gasteiger partial charge on any atom is -0.483 e. The van der Waals surface area contributed by atoms with Crippen molar-refractivity contribution in [1.82, 2.24) is 4.90 Å². The van der Waals surface area contributed by atoms with E-state index in [9.17, 15) is 18.4 Å². The van der Waals surface area contributed by atoms with E-state index >= 15 is 0 Å². The fraction of sp³-hybridized carbons (Fsp3) is 0.556. The molecule has 2 bridgehead atoms. The van der Waals surface area contributed by atoms with Gasteiger partial charge in [-0.3, -0.25) is 4.90 Å². The Kier molecular flexibility index (Phi) is 4.74. The van der Waals surface area contributed by atoms with Crippen LogP contribution in [0, 0.1) is 17.7 Å². The fourth-order valence-corrected chi connectivity index (χ4v) is 8.42. The van der Waals surface area contributed by atoms with Crippen LogP contribution in [0.1, 0.15) is 48.8 Å². The van der Waals surface area contributed by atoms with Crippen LogP contribution in [0.5, 0.6) is 11.5 Å². The van der Waals surface area contributed by atoms with Gasteiger partial charge in [0.2, 0.25) is 0 Å². The summed E-state index contributed by atoms with van der Waals surface area (Å²) >= 11 is 0. The van der Waals surface area contributed by atoms with Gasteiger partial charge in [-0.25, -0.2) is 0 Å². The predicted octanol–water partition coefficient (Wildman–Crippen LogP) is 3.46. The van der Waals surface area contributed by atoms with Crippen molar-refractivity contribution in [3.05, 3.63) is 58.0 Å². The van der Waals surface area contributed by atoms with Gasteiger partial charge in [-0.05, 0) is 81.7 Å². The van der Waals surface area contributed by atoms with Gasteiger partial charge in [0.05, 0.1) is 11.0 Å². The van der Waals surface area contributed by atoms with Crippen LogP contribution in [-0.2, 0) is 22.0 Å². The summed E-state index contributed by atoms with van der Waals surface area (Å²) in [5.41, 5.74) is 0.932. The van der Waals surface area contributed by atoms with Crippen molar-refractivity contribution in [2.24, 2.45) is 11.1 Å². The first-order valence-electron chi connectivity index (χ1n) is 12.9. The van der Waals surface area contributed by atoms with Crippen LogP contribution in [0.3, 0.4) is 0 Å². The molecule has 3 aliphatic carbocycles. The summed E-state index contributed by atoms with van der Waals surface area (Å²) in [5.74, 6) is 1.14. The average molecular weight is 511 g/mol. The molecular weight excluding hydrogens is 480 g/mol. The number of piperidine rings is 1. The molecule has 1 unspecified atom stereocenters. The normalized spacial score (nSPS) is 34.6. The van der Waals surface area contributed by atoms with E-state index < -0.39 is 33.3 Å². The number of aryl methyl sites for hydroxylation is 1. The summed E-state index contributed by atoms with van der Waals surface area (Å²) in [5, 5.41) is 15.8. The maximum Gasteiger partial charge on any atom is 0.339 e. The van der Waals surface area contributed by atoms with E-state index in [4.69, 9.17) is 8.92 Å². The lowest BCUT2D eigenvalue weighted by atomic mass is 9.48.